The molecular weight excluding hydrogens is 442 g/mol. The van der Waals surface area contributed by atoms with Gasteiger partial charge in [0, 0.05) is 34.5 Å². The quantitative estimate of drug-likeness (QED) is 0.354. The fraction of sp³-hybridized carbons (Fsp3) is 0.423. The molecule has 1 atom stereocenters. The topological polar surface area (TPSA) is 105 Å². The molecule has 9 nitrogen and oxygen atoms in total. The molecule has 1 saturated carbocycles. The number of nitrogens with zero attached hydrogens (tertiary/aromatic N) is 4. The van der Waals surface area contributed by atoms with Crippen molar-refractivity contribution in [3.63, 3.8) is 0 Å². The molecule has 6 rings (SSSR count). The van der Waals surface area contributed by atoms with E-state index in [1.54, 1.807) is 7.11 Å². The fourth-order valence-corrected chi connectivity index (χ4v) is 5.22. The monoisotopic (exact) mass is 473 g/mol. The van der Waals surface area contributed by atoms with Gasteiger partial charge in [-0.3, -0.25) is 0 Å². The molecule has 0 spiro atoms. The number of nitrogens with one attached hydrogen (secondary N) is 3. The van der Waals surface area contributed by atoms with Gasteiger partial charge in [0.15, 0.2) is 0 Å². The van der Waals surface area contributed by atoms with E-state index in [9.17, 15) is 0 Å². The molecular formula is C26H31N7O2. The Morgan fingerprint density at radius 3 is 2.66 bits per heavy atom. The lowest BCUT2D eigenvalue weighted by molar-refractivity contribution is 0.393. The Bertz CT molecular complexity index is 1470. The molecule has 4 aromatic rings. The van der Waals surface area contributed by atoms with Crippen molar-refractivity contribution in [2.45, 2.75) is 66.1 Å². The van der Waals surface area contributed by atoms with Crippen molar-refractivity contribution in [2.24, 2.45) is 4.99 Å². The smallest absolute Gasteiger partial charge is 0.141 e. The van der Waals surface area contributed by atoms with Gasteiger partial charge >= 0.3 is 0 Å². The number of hydrogen-bond acceptors (Lipinski definition) is 7. The number of H-pyrrole nitrogens is 1. The van der Waals surface area contributed by atoms with Crippen LogP contribution in [0, 0.1) is 20.8 Å². The molecule has 0 saturated heterocycles. The van der Waals surface area contributed by atoms with Crippen LogP contribution >= 0.6 is 0 Å². The van der Waals surface area contributed by atoms with Crippen molar-refractivity contribution in [3.8, 4) is 16.9 Å². The molecule has 1 unspecified atom stereocenters. The maximum Gasteiger partial charge on any atom is 0.141 e. The SMILES string of the molecule is CCn1nc(C2CC2)c(C)c1NC1=NC(C)Nc2[nH]c3cc(-c4c(C)noc4C)c(OC)cc3c21. The van der Waals surface area contributed by atoms with Crippen molar-refractivity contribution < 1.29 is 9.26 Å². The number of aliphatic imine (C=N–C) groups is 1. The molecule has 3 N–H and O–H groups in total. The number of methoxy groups -OCH3 is 1. The first-order valence-electron chi connectivity index (χ1n) is 12.3. The molecule has 35 heavy (non-hydrogen) atoms. The van der Waals surface area contributed by atoms with E-state index in [0.717, 1.165) is 68.8 Å². The molecule has 1 fully saturated rings. The van der Waals surface area contributed by atoms with Gasteiger partial charge in [-0.25, -0.2) is 9.67 Å². The lowest BCUT2D eigenvalue weighted by atomic mass is 10.00. The molecule has 0 bridgehead atoms. The van der Waals surface area contributed by atoms with Gasteiger partial charge in [-0.05, 0) is 59.6 Å². The van der Waals surface area contributed by atoms with Crippen LogP contribution < -0.4 is 15.4 Å². The van der Waals surface area contributed by atoms with Crippen molar-refractivity contribution in [1.82, 2.24) is 19.9 Å². The lowest BCUT2D eigenvalue weighted by Crippen LogP contribution is -2.28. The van der Waals surface area contributed by atoms with Crippen LogP contribution in [0.4, 0.5) is 11.6 Å². The van der Waals surface area contributed by atoms with Gasteiger partial charge < -0.3 is 24.9 Å². The number of amidine groups is 1. The second-order valence-electron chi connectivity index (χ2n) is 9.54. The summed E-state index contributed by atoms with van der Waals surface area (Å²) in [4.78, 5) is 8.52. The summed E-state index contributed by atoms with van der Waals surface area (Å²) in [5.74, 6) is 4.89. The molecule has 9 heteroatoms. The summed E-state index contributed by atoms with van der Waals surface area (Å²) in [5.41, 5.74) is 7.15. The Labute approximate surface area is 203 Å². The molecule has 0 amide bonds. The number of rotatable bonds is 5. The fourth-order valence-electron chi connectivity index (χ4n) is 5.22. The van der Waals surface area contributed by atoms with Crippen molar-refractivity contribution in [1.29, 1.82) is 0 Å². The predicted molar refractivity (Wildman–Crippen MR) is 138 cm³/mol. The summed E-state index contributed by atoms with van der Waals surface area (Å²) in [7, 11) is 1.69. The summed E-state index contributed by atoms with van der Waals surface area (Å²) in [6.45, 7) is 11.0. The van der Waals surface area contributed by atoms with E-state index in [1.165, 1.54) is 24.1 Å². The number of hydrogen-bond donors (Lipinski definition) is 3. The summed E-state index contributed by atoms with van der Waals surface area (Å²) < 4.78 is 13.3. The largest absolute Gasteiger partial charge is 0.496 e. The van der Waals surface area contributed by atoms with Crippen LogP contribution in [0.25, 0.3) is 22.0 Å². The van der Waals surface area contributed by atoms with Gasteiger partial charge in [-0.1, -0.05) is 5.16 Å². The zero-order valence-corrected chi connectivity index (χ0v) is 21.0. The van der Waals surface area contributed by atoms with E-state index in [2.05, 4.69) is 51.4 Å². The van der Waals surface area contributed by atoms with Gasteiger partial charge in [0.05, 0.1) is 29.6 Å². The van der Waals surface area contributed by atoms with Crippen LogP contribution in [0.5, 0.6) is 5.75 Å². The minimum atomic E-state index is -0.0804. The number of anilines is 2. The third-order valence-electron chi connectivity index (χ3n) is 7.06. The molecule has 0 radical (unpaired) electrons. The van der Waals surface area contributed by atoms with Gasteiger partial charge in [-0.15, -0.1) is 0 Å². The van der Waals surface area contributed by atoms with Crippen LogP contribution in [-0.2, 0) is 6.54 Å². The minimum Gasteiger partial charge on any atom is -0.496 e. The number of aromatic amines is 1. The summed E-state index contributed by atoms with van der Waals surface area (Å²) in [6.07, 6.45) is 2.37. The van der Waals surface area contributed by atoms with E-state index in [4.69, 9.17) is 19.4 Å². The van der Waals surface area contributed by atoms with E-state index in [1.807, 2.05) is 20.8 Å². The zero-order valence-electron chi connectivity index (χ0n) is 21.0. The molecule has 3 aromatic heterocycles. The summed E-state index contributed by atoms with van der Waals surface area (Å²) >= 11 is 0. The van der Waals surface area contributed by atoms with Crippen molar-refractivity contribution in [3.05, 3.63) is 40.4 Å². The molecule has 4 heterocycles. The van der Waals surface area contributed by atoms with Crippen molar-refractivity contribution >= 4 is 28.4 Å². The van der Waals surface area contributed by atoms with Gasteiger partial charge in [0.2, 0.25) is 0 Å². The second kappa shape index (κ2) is 7.90. The minimum absolute atomic E-state index is 0.0804. The highest BCUT2D eigenvalue weighted by molar-refractivity contribution is 6.21. The van der Waals surface area contributed by atoms with Gasteiger partial charge in [0.25, 0.3) is 0 Å². The first-order chi connectivity index (χ1) is 16.9. The lowest BCUT2D eigenvalue weighted by Gasteiger charge is -2.22. The Balaban J connectivity index is 1.49. The maximum atomic E-state index is 5.84. The highest BCUT2D eigenvalue weighted by Gasteiger charge is 2.32. The molecule has 1 aromatic carbocycles. The molecule has 182 valence electrons. The Morgan fingerprint density at radius 2 is 2.00 bits per heavy atom. The third-order valence-corrected chi connectivity index (χ3v) is 7.06. The van der Waals surface area contributed by atoms with E-state index in [0.29, 0.717) is 5.92 Å². The standard InChI is InChI=1S/C26H31N7O2/c1-7-33-26(12(2)23(31-33)16-8-9-16)30-25-22-17-11-20(34-6)18(21-13(3)32-35-14(21)4)10-19(17)29-24(22)27-15(5)28-25/h10-11,15-16,27,29H,7-9H2,1-6H3,(H,28,30). The third kappa shape index (κ3) is 3.40. The second-order valence-corrected chi connectivity index (χ2v) is 9.54. The first-order valence-corrected chi connectivity index (χ1v) is 12.3. The number of aromatic nitrogens is 4. The molecule has 2 aliphatic rings. The van der Waals surface area contributed by atoms with E-state index >= 15 is 0 Å². The predicted octanol–water partition coefficient (Wildman–Crippen LogP) is 5.48. The van der Waals surface area contributed by atoms with E-state index < -0.39 is 0 Å². The maximum absolute atomic E-state index is 5.84. The highest BCUT2D eigenvalue weighted by atomic mass is 16.5. The van der Waals surface area contributed by atoms with Gasteiger partial charge in [0.1, 0.15) is 35.1 Å². The van der Waals surface area contributed by atoms with E-state index in [-0.39, 0.29) is 6.17 Å². The number of ether oxygens (including phenoxy) is 1. The first kappa shape index (κ1) is 21.8. The van der Waals surface area contributed by atoms with Gasteiger partial charge in [-0.2, -0.15) is 5.10 Å². The molecule has 1 aliphatic heterocycles. The Hall–Kier alpha value is -3.75. The average Bonchev–Trinajstić information content (AvgIpc) is 3.44. The number of fused-ring (bicyclic) bond motifs is 3. The van der Waals surface area contributed by atoms with Crippen LogP contribution in [0.1, 0.15) is 60.9 Å². The zero-order chi connectivity index (χ0) is 24.4. The summed E-state index contributed by atoms with van der Waals surface area (Å²) in [6, 6.07) is 4.18. The van der Waals surface area contributed by atoms with Crippen LogP contribution in [0.15, 0.2) is 21.6 Å². The van der Waals surface area contributed by atoms with Crippen LogP contribution in [0.2, 0.25) is 0 Å². The number of aryl methyl sites for hydroxylation is 3. The highest BCUT2D eigenvalue weighted by Crippen LogP contribution is 2.43. The Kier molecular flexibility index (Phi) is 4.91. The summed E-state index contributed by atoms with van der Waals surface area (Å²) in [5, 5.41) is 17.2. The average molecular weight is 474 g/mol. The Morgan fingerprint density at radius 1 is 1.20 bits per heavy atom. The van der Waals surface area contributed by atoms with Crippen LogP contribution in [0.3, 0.4) is 0 Å². The normalized spacial score (nSPS) is 17.3. The van der Waals surface area contributed by atoms with Crippen molar-refractivity contribution in [2.75, 3.05) is 17.7 Å². The van der Waals surface area contributed by atoms with Crippen LogP contribution in [-0.4, -0.2) is 39.0 Å². The molecule has 1 aliphatic carbocycles. The number of benzene rings is 1.